The van der Waals surface area contributed by atoms with E-state index in [-0.39, 0.29) is 0 Å². The van der Waals surface area contributed by atoms with Crippen LogP contribution in [0.2, 0.25) is 0 Å². The van der Waals surface area contributed by atoms with E-state index in [0.717, 1.165) is 12.2 Å². The molecule has 13 heavy (non-hydrogen) atoms. The average molecular weight is 278 g/mol. The predicted octanol–water partition coefficient (Wildman–Crippen LogP) is 2.74. The number of hydrogen-bond donors (Lipinski definition) is 1. The Morgan fingerprint density at radius 2 is 2.31 bits per heavy atom. The van der Waals surface area contributed by atoms with Crippen LogP contribution in [0, 0.1) is 5.92 Å². The van der Waals surface area contributed by atoms with Crippen LogP contribution in [-0.4, -0.2) is 17.5 Å². The zero-order valence-corrected chi connectivity index (χ0v) is 10.4. The van der Waals surface area contributed by atoms with Gasteiger partial charge in [0.2, 0.25) is 0 Å². The Morgan fingerprint density at radius 1 is 1.46 bits per heavy atom. The molecule has 0 radical (unpaired) electrons. The number of hydrogen-bond acceptors (Lipinski definition) is 3. The fraction of sp³-hybridized carbons (Fsp3) is 0.556. The topological polar surface area (TPSA) is 26.0 Å². The molecular weight excluding hydrogens is 266 g/mol. The van der Waals surface area contributed by atoms with E-state index in [1.54, 1.807) is 0 Å². The molecule has 2 rings (SSSR count). The highest BCUT2D eigenvalue weighted by atomic mass is 79.9. The minimum Gasteiger partial charge on any atom is -0.327 e. The third kappa shape index (κ3) is 2.49. The number of thiophene rings is 1. The molecule has 0 aromatic carbocycles. The van der Waals surface area contributed by atoms with Crippen molar-refractivity contribution >= 4 is 39.0 Å². The molecule has 72 valence electrons. The van der Waals surface area contributed by atoms with Crippen molar-refractivity contribution in [3.63, 3.8) is 0 Å². The highest BCUT2D eigenvalue weighted by Gasteiger charge is 2.24. The molecule has 4 heteroatoms. The summed E-state index contributed by atoms with van der Waals surface area (Å²) in [5, 5.41) is 0. The van der Waals surface area contributed by atoms with E-state index in [9.17, 15) is 0 Å². The fourth-order valence-electron chi connectivity index (χ4n) is 1.55. The second-order valence-electron chi connectivity index (χ2n) is 3.37. The molecule has 2 N–H and O–H groups in total. The first-order valence-electron chi connectivity index (χ1n) is 4.33. The minimum atomic E-state index is 0.408. The van der Waals surface area contributed by atoms with Crippen molar-refractivity contribution in [1.29, 1.82) is 0 Å². The van der Waals surface area contributed by atoms with E-state index in [2.05, 4.69) is 28.1 Å². The summed E-state index contributed by atoms with van der Waals surface area (Å²) < 4.78 is 1.22. The average Bonchev–Trinajstić information content (AvgIpc) is 2.64. The van der Waals surface area contributed by atoms with Gasteiger partial charge in [0.05, 0.1) is 3.79 Å². The van der Waals surface area contributed by atoms with Gasteiger partial charge in [-0.1, -0.05) is 0 Å². The Hall–Kier alpha value is 0.490. The third-order valence-electron chi connectivity index (χ3n) is 2.34. The molecule has 0 bridgehead atoms. The van der Waals surface area contributed by atoms with Gasteiger partial charge in [-0.05, 0) is 46.2 Å². The van der Waals surface area contributed by atoms with E-state index in [4.69, 9.17) is 5.73 Å². The van der Waals surface area contributed by atoms with Crippen LogP contribution in [0.1, 0.15) is 4.88 Å². The number of nitrogens with two attached hydrogens (primary N) is 1. The van der Waals surface area contributed by atoms with Crippen LogP contribution in [0.15, 0.2) is 15.9 Å². The van der Waals surface area contributed by atoms with Crippen LogP contribution in [0.25, 0.3) is 0 Å². The van der Waals surface area contributed by atoms with Gasteiger partial charge < -0.3 is 5.73 Å². The van der Waals surface area contributed by atoms with Crippen molar-refractivity contribution in [2.45, 2.75) is 12.5 Å². The smallest absolute Gasteiger partial charge is 0.0701 e. The van der Waals surface area contributed by atoms with Crippen LogP contribution >= 0.6 is 39.0 Å². The van der Waals surface area contributed by atoms with Crippen molar-refractivity contribution in [3.05, 3.63) is 20.8 Å². The van der Waals surface area contributed by atoms with Crippen LogP contribution in [0.5, 0.6) is 0 Å². The molecule has 1 aliphatic rings. The van der Waals surface area contributed by atoms with Gasteiger partial charge in [0.25, 0.3) is 0 Å². The van der Waals surface area contributed by atoms with Crippen molar-refractivity contribution < 1.29 is 0 Å². The summed E-state index contributed by atoms with van der Waals surface area (Å²) in [4.78, 5) is 1.45. The SMILES string of the molecule is NC1CSCC1Cc1ccc(Br)s1. The molecule has 0 amide bonds. The summed E-state index contributed by atoms with van der Waals surface area (Å²) >= 11 is 7.29. The highest BCUT2D eigenvalue weighted by Crippen LogP contribution is 2.30. The molecule has 2 unspecified atom stereocenters. The normalized spacial score (nSPS) is 28.2. The van der Waals surface area contributed by atoms with Gasteiger partial charge in [0, 0.05) is 16.7 Å². The molecular formula is C9H12BrNS2. The maximum absolute atomic E-state index is 6.01. The lowest BCUT2D eigenvalue weighted by molar-refractivity contribution is 0.519. The summed E-state index contributed by atoms with van der Waals surface area (Å²) in [6.07, 6.45) is 1.16. The van der Waals surface area contributed by atoms with Crippen LogP contribution in [0.4, 0.5) is 0 Å². The zero-order chi connectivity index (χ0) is 9.26. The Balaban J connectivity index is 1.97. The van der Waals surface area contributed by atoms with Gasteiger partial charge in [-0.3, -0.25) is 0 Å². The van der Waals surface area contributed by atoms with E-state index in [1.807, 2.05) is 23.1 Å². The molecule has 2 atom stereocenters. The number of thioether (sulfide) groups is 1. The molecule has 0 saturated carbocycles. The molecule has 1 nitrogen and oxygen atoms in total. The highest BCUT2D eigenvalue weighted by molar-refractivity contribution is 9.11. The maximum Gasteiger partial charge on any atom is 0.0701 e. The quantitative estimate of drug-likeness (QED) is 0.900. The Bertz CT molecular complexity index is 287. The van der Waals surface area contributed by atoms with Crippen LogP contribution < -0.4 is 5.73 Å². The molecule has 1 aromatic rings. The Labute approximate surface area is 95.2 Å². The second kappa shape index (κ2) is 4.34. The summed E-state index contributed by atoms with van der Waals surface area (Å²) in [5.41, 5.74) is 6.01. The minimum absolute atomic E-state index is 0.408. The van der Waals surface area contributed by atoms with E-state index >= 15 is 0 Å². The van der Waals surface area contributed by atoms with Gasteiger partial charge in [0.1, 0.15) is 0 Å². The first-order valence-corrected chi connectivity index (χ1v) is 7.09. The molecule has 1 fully saturated rings. The first kappa shape index (κ1) is 10.0. The van der Waals surface area contributed by atoms with Crippen molar-refractivity contribution in [1.82, 2.24) is 0 Å². The van der Waals surface area contributed by atoms with Gasteiger partial charge in [0.15, 0.2) is 0 Å². The summed E-state index contributed by atoms with van der Waals surface area (Å²) in [5.74, 6) is 3.06. The lowest BCUT2D eigenvalue weighted by Gasteiger charge is -2.12. The van der Waals surface area contributed by atoms with Gasteiger partial charge in [-0.15, -0.1) is 11.3 Å². The zero-order valence-electron chi connectivity index (χ0n) is 7.20. The van der Waals surface area contributed by atoms with Gasteiger partial charge in [-0.2, -0.15) is 11.8 Å². The summed E-state index contributed by atoms with van der Waals surface area (Å²) in [6.45, 7) is 0. The fourth-order valence-corrected chi connectivity index (χ4v) is 4.47. The molecule has 1 aliphatic heterocycles. The van der Waals surface area contributed by atoms with E-state index < -0.39 is 0 Å². The third-order valence-corrected chi connectivity index (χ3v) is 5.27. The lowest BCUT2D eigenvalue weighted by Crippen LogP contribution is -2.29. The van der Waals surface area contributed by atoms with E-state index in [0.29, 0.717) is 12.0 Å². The molecule has 1 aromatic heterocycles. The molecule has 0 aliphatic carbocycles. The number of rotatable bonds is 2. The summed E-state index contributed by atoms with van der Waals surface area (Å²) in [6, 6.07) is 4.73. The Kier molecular flexibility index (Phi) is 3.35. The predicted molar refractivity (Wildman–Crippen MR) is 64.5 cm³/mol. The largest absolute Gasteiger partial charge is 0.327 e. The van der Waals surface area contributed by atoms with E-state index in [1.165, 1.54) is 14.4 Å². The maximum atomic E-state index is 6.01. The molecule has 2 heterocycles. The van der Waals surface area contributed by atoms with Crippen molar-refractivity contribution in [3.8, 4) is 0 Å². The van der Waals surface area contributed by atoms with Crippen molar-refractivity contribution in [2.24, 2.45) is 11.7 Å². The monoisotopic (exact) mass is 277 g/mol. The second-order valence-corrected chi connectivity index (χ2v) is 6.99. The molecule has 1 saturated heterocycles. The Morgan fingerprint density at radius 3 is 2.85 bits per heavy atom. The lowest BCUT2D eigenvalue weighted by atomic mass is 10.00. The summed E-state index contributed by atoms with van der Waals surface area (Å²) in [7, 11) is 0. The van der Waals surface area contributed by atoms with Crippen molar-refractivity contribution in [2.75, 3.05) is 11.5 Å². The van der Waals surface area contributed by atoms with Gasteiger partial charge >= 0.3 is 0 Å². The molecule has 0 spiro atoms. The van der Waals surface area contributed by atoms with Crippen LogP contribution in [0.3, 0.4) is 0 Å². The standard InChI is InChI=1S/C9H12BrNS2/c10-9-2-1-7(13-9)3-6-4-12-5-8(6)11/h1-2,6,8H,3-5,11H2. The number of halogens is 1. The van der Waals surface area contributed by atoms with Crippen LogP contribution in [-0.2, 0) is 6.42 Å². The first-order chi connectivity index (χ1) is 6.25. The van der Waals surface area contributed by atoms with Gasteiger partial charge in [-0.25, -0.2) is 0 Å².